The molecule has 3 nitrogen and oxygen atoms in total. The number of nitrogens with one attached hydrogen (secondary N) is 1. The molecule has 0 radical (unpaired) electrons. The summed E-state index contributed by atoms with van der Waals surface area (Å²) in [5, 5.41) is 3.18. The quantitative estimate of drug-likeness (QED) is 0.780. The Morgan fingerprint density at radius 3 is 2.24 bits per heavy atom. The predicted octanol–water partition coefficient (Wildman–Crippen LogP) is 1.97. The lowest BCUT2D eigenvalue weighted by atomic mass is 9.94. The molecule has 0 bridgehead atoms. The highest BCUT2D eigenvalue weighted by atomic mass is 16.2. The van der Waals surface area contributed by atoms with Crippen LogP contribution in [0.4, 0.5) is 5.69 Å². The standard InChI is InChI=1S/C14H18N2O/c1-13(6-7-13)16-12(17)14(8-9-14)10-2-4-11(15)5-3-10/h2-5H,6-9,15H2,1H3,(H,16,17). The van der Waals surface area contributed by atoms with Crippen molar-refractivity contribution in [1.82, 2.24) is 5.32 Å². The van der Waals surface area contributed by atoms with Gasteiger partial charge in [0.05, 0.1) is 5.41 Å². The zero-order chi connectivity index (χ0) is 12.1. The summed E-state index contributed by atoms with van der Waals surface area (Å²) in [5.74, 6) is 0.197. The van der Waals surface area contributed by atoms with E-state index in [2.05, 4.69) is 12.2 Å². The van der Waals surface area contributed by atoms with Crippen molar-refractivity contribution in [3.8, 4) is 0 Å². The van der Waals surface area contributed by atoms with Crippen molar-refractivity contribution >= 4 is 11.6 Å². The molecule has 0 spiro atoms. The van der Waals surface area contributed by atoms with Gasteiger partial charge in [-0.3, -0.25) is 4.79 Å². The first-order valence-corrected chi connectivity index (χ1v) is 6.23. The number of benzene rings is 1. The number of nitrogens with two attached hydrogens (primary N) is 1. The zero-order valence-corrected chi connectivity index (χ0v) is 10.1. The van der Waals surface area contributed by atoms with Crippen LogP contribution in [0.15, 0.2) is 24.3 Å². The number of hydrogen-bond acceptors (Lipinski definition) is 2. The number of carbonyl (C=O) groups is 1. The van der Waals surface area contributed by atoms with Crippen LogP contribution in [0.25, 0.3) is 0 Å². The summed E-state index contributed by atoms with van der Waals surface area (Å²) in [6, 6.07) is 7.72. The van der Waals surface area contributed by atoms with Gasteiger partial charge in [-0.15, -0.1) is 0 Å². The lowest BCUT2D eigenvalue weighted by Gasteiger charge is -2.19. The third-order valence-corrected chi connectivity index (χ3v) is 4.06. The topological polar surface area (TPSA) is 55.1 Å². The van der Waals surface area contributed by atoms with Crippen LogP contribution in [0.1, 0.15) is 38.2 Å². The second-order valence-corrected chi connectivity index (χ2v) is 5.72. The molecule has 1 amide bonds. The highest BCUT2D eigenvalue weighted by Crippen LogP contribution is 2.49. The van der Waals surface area contributed by atoms with E-state index in [4.69, 9.17) is 5.73 Å². The zero-order valence-electron chi connectivity index (χ0n) is 10.1. The minimum atomic E-state index is -0.265. The number of hydrogen-bond donors (Lipinski definition) is 2. The molecule has 17 heavy (non-hydrogen) atoms. The minimum Gasteiger partial charge on any atom is -0.399 e. The number of rotatable bonds is 3. The molecule has 1 aromatic carbocycles. The van der Waals surface area contributed by atoms with Crippen LogP contribution >= 0.6 is 0 Å². The molecular weight excluding hydrogens is 212 g/mol. The van der Waals surface area contributed by atoms with Crippen molar-refractivity contribution in [2.75, 3.05) is 5.73 Å². The molecule has 3 N–H and O–H groups in total. The molecule has 3 heteroatoms. The largest absolute Gasteiger partial charge is 0.399 e. The average molecular weight is 230 g/mol. The van der Waals surface area contributed by atoms with Gasteiger partial charge < -0.3 is 11.1 Å². The molecule has 90 valence electrons. The van der Waals surface area contributed by atoms with Crippen LogP contribution < -0.4 is 11.1 Å². The van der Waals surface area contributed by atoms with Gasteiger partial charge in [-0.1, -0.05) is 12.1 Å². The Hall–Kier alpha value is -1.51. The fraction of sp³-hybridized carbons (Fsp3) is 0.500. The smallest absolute Gasteiger partial charge is 0.231 e. The van der Waals surface area contributed by atoms with Gasteiger partial charge in [-0.25, -0.2) is 0 Å². The van der Waals surface area contributed by atoms with Crippen molar-refractivity contribution < 1.29 is 4.79 Å². The molecule has 0 atom stereocenters. The first-order chi connectivity index (χ1) is 8.04. The summed E-state index contributed by atoms with van der Waals surface area (Å²) in [7, 11) is 0. The summed E-state index contributed by atoms with van der Waals surface area (Å²) in [6.07, 6.45) is 4.13. The first kappa shape index (κ1) is 10.6. The maximum Gasteiger partial charge on any atom is 0.231 e. The van der Waals surface area contributed by atoms with Crippen molar-refractivity contribution in [2.45, 2.75) is 43.6 Å². The van der Waals surface area contributed by atoms with E-state index in [9.17, 15) is 4.79 Å². The van der Waals surface area contributed by atoms with E-state index in [1.54, 1.807) is 0 Å². The van der Waals surface area contributed by atoms with Gasteiger partial charge in [-0.2, -0.15) is 0 Å². The third kappa shape index (κ3) is 1.79. The van der Waals surface area contributed by atoms with Crippen LogP contribution in [-0.2, 0) is 10.2 Å². The van der Waals surface area contributed by atoms with E-state index in [-0.39, 0.29) is 16.9 Å². The normalized spacial score (nSPS) is 22.9. The van der Waals surface area contributed by atoms with E-state index in [1.165, 1.54) is 0 Å². The Morgan fingerprint density at radius 1 is 1.18 bits per heavy atom. The Morgan fingerprint density at radius 2 is 1.76 bits per heavy atom. The molecule has 0 heterocycles. The number of nitrogen functional groups attached to an aromatic ring is 1. The maximum absolute atomic E-state index is 12.3. The highest BCUT2D eigenvalue weighted by molar-refractivity contribution is 5.92. The van der Waals surface area contributed by atoms with Crippen LogP contribution in [0, 0.1) is 0 Å². The molecular formula is C14H18N2O. The fourth-order valence-corrected chi connectivity index (χ4v) is 2.28. The number of anilines is 1. The predicted molar refractivity (Wildman–Crippen MR) is 67.5 cm³/mol. The third-order valence-electron chi connectivity index (χ3n) is 4.06. The summed E-state index contributed by atoms with van der Waals surface area (Å²) in [4.78, 5) is 12.3. The minimum absolute atomic E-state index is 0.0699. The summed E-state index contributed by atoms with van der Waals surface area (Å²) in [6.45, 7) is 2.12. The van der Waals surface area contributed by atoms with Gasteiger partial charge in [0.1, 0.15) is 0 Å². The second-order valence-electron chi connectivity index (χ2n) is 5.72. The SMILES string of the molecule is CC1(NC(=O)C2(c3ccc(N)cc3)CC2)CC1. The molecule has 2 aliphatic rings. The van der Waals surface area contributed by atoms with Crippen molar-refractivity contribution in [3.63, 3.8) is 0 Å². The van der Waals surface area contributed by atoms with Crippen molar-refractivity contribution in [2.24, 2.45) is 0 Å². The van der Waals surface area contributed by atoms with Crippen molar-refractivity contribution in [1.29, 1.82) is 0 Å². The molecule has 1 aromatic rings. The van der Waals surface area contributed by atoms with Crippen LogP contribution in [0.3, 0.4) is 0 Å². The van der Waals surface area contributed by atoms with Gasteiger partial charge in [0.2, 0.25) is 5.91 Å². The van der Waals surface area contributed by atoms with Crippen LogP contribution in [-0.4, -0.2) is 11.4 Å². The number of amides is 1. The highest BCUT2D eigenvalue weighted by Gasteiger charge is 2.53. The van der Waals surface area contributed by atoms with E-state index in [0.29, 0.717) is 0 Å². The Labute approximate surface area is 101 Å². The van der Waals surface area contributed by atoms with E-state index >= 15 is 0 Å². The molecule has 0 aromatic heterocycles. The molecule has 0 aliphatic heterocycles. The fourth-order valence-electron chi connectivity index (χ4n) is 2.28. The maximum atomic E-state index is 12.3. The van der Waals surface area contributed by atoms with E-state index in [0.717, 1.165) is 36.9 Å². The van der Waals surface area contributed by atoms with Crippen LogP contribution in [0.5, 0.6) is 0 Å². The van der Waals surface area contributed by atoms with E-state index < -0.39 is 0 Å². The number of carbonyl (C=O) groups excluding carboxylic acids is 1. The summed E-state index contributed by atoms with van der Waals surface area (Å²) >= 11 is 0. The second kappa shape index (κ2) is 3.25. The molecule has 0 saturated heterocycles. The van der Waals surface area contributed by atoms with Gasteiger partial charge in [0, 0.05) is 11.2 Å². The van der Waals surface area contributed by atoms with Gasteiger partial charge in [0.25, 0.3) is 0 Å². The Bertz CT molecular complexity index is 456. The van der Waals surface area contributed by atoms with Crippen molar-refractivity contribution in [3.05, 3.63) is 29.8 Å². The van der Waals surface area contributed by atoms with Gasteiger partial charge >= 0.3 is 0 Å². The van der Waals surface area contributed by atoms with E-state index in [1.807, 2.05) is 24.3 Å². The molecule has 0 unspecified atom stereocenters. The average Bonchev–Trinajstić information content (AvgIpc) is 3.17. The molecule has 3 rings (SSSR count). The first-order valence-electron chi connectivity index (χ1n) is 6.23. The monoisotopic (exact) mass is 230 g/mol. The lowest BCUT2D eigenvalue weighted by Crippen LogP contribution is -2.41. The van der Waals surface area contributed by atoms with Gasteiger partial charge in [-0.05, 0) is 50.3 Å². The summed E-state index contributed by atoms with van der Waals surface area (Å²) < 4.78 is 0. The molecule has 2 saturated carbocycles. The lowest BCUT2D eigenvalue weighted by molar-refractivity contribution is -0.124. The van der Waals surface area contributed by atoms with Crippen LogP contribution in [0.2, 0.25) is 0 Å². The molecule has 2 fully saturated rings. The Balaban J connectivity index is 1.81. The Kier molecular flexibility index (Phi) is 2.03. The summed E-state index contributed by atoms with van der Waals surface area (Å²) in [5.41, 5.74) is 7.34. The molecule has 2 aliphatic carbocycles. The van der Waals surface area contributed by atoms with Gasteiger partial charge in [0.15, 0.2) is 0 Å².